The number of urea groups is 1. The zero-order chi connectivity index (χ0) is 20.5. The van der Waals surface area contributed by atoms with Crippen molar-refractivity contribution < 1.29 is 19.3 Å². The van der Waals surface area contributed by atoms with Crippen molar-refractivity contribution in [2.24, 2.45) is 0 Å². The van der Waals surface area contributed by atoms with E-state index in [1.54, 1.807) is 11.9 Å². The quantitative estimate of drug-likeness (QED) is 0.472. The summed E-state index contributed by atoms with van der Waals surface area (Å²) in [5.41, 5.74) is -1.05. The van der Waals surface area contributed by atoms with E-state index in [2.05, 4.69) is 5.32 Å². The number of benzene rings is 1. The zero-order valence-corrected chi connectivity index (χ0v) is 16.0. The fourth-order valence-corrected chi connectivity index (χ4v) is 3.87. The van der Waals surface area contributed by atoms with Gasteiger partial charge in [-0.15, -0.1) is 0 Å². The van der Waals surface area contributed by atoms with Crippen LogP contribution in [0.1, 0.15) is 44.6 Å². The molecule has 0 spiro atoms. The van der Waals surface area contributed by atoms with Gasteiger partial charge in [-0.2, -0.15) is 0 Å². The molecule has 2 fully saturated rings. The molecule has 3 rings (SSSR count). The Morgan fingerprint density at radius 1 is 1.25 bits per heavy atom. The van der Waals surface area contributed by atoms with Gasteiger partial charge in [0.15, 0.2) is 0 Å². The van der Waals surface area contributed by atoms with E-state index in [1.165, 1.54) is 37.6 Å². The van der Waals surface area contributed by atoms with Crippen molar-refractivity contribution in [3.8, 4) is 0 Å². The molecule has 2 aliphatic rings. The maximum Gasteiger partial charge on any atom is 0.325 e. The Hall–Kier alpha value is -2.97. The van der Waals surface area contributed by atoms with Crippen LogP contribution in [-0.4, -0.2) is 52.2 Å². The fraction of sp³-hybridized carbons (Fsp3) is 0.526. The molecule has 1 heterocycles. The van der Waals surface area contributed by atoms with Crippen LogP contribution in [-0.2, 0) is 15.1 Å². The van der Waals surface area contributed by atoms with Crippen molar-refractivity contribution in [3.63, 3.8) is 0 Å². The van der Waals surface area contributed by atoms with Crippen LogP contribution in [0.4, 0.5) is 10.5 Å². The van der Waals surface area contributed by atoms with Gasteiger partial charge < -0.3 is 10.2 Å². The Kier molecular flexibility index (Phi) is 5.35. The summed E-state index contributed by atoms with van der Waals surface area (Å²) in [6.45, 7) is 1.21. The number of nitrogens with zero attached hydrogens (tertiary/aromatic N) is 3. The van der Waals surface area contributed by atoms with Gasteiger partial charge in [0, 0.05) is 25.2 Å². The molecule has 0 radical (unpaired) electrons. The largest absolute Gasteiger partial charge is 0.341 e. The molecular formula is C19H24N4O5. The minimum Gasteiger partial charge on any atom is -0.341 e. The van der Waals surface area contributed by atoms with E-state index in [-0.39, 0.29) is 24.2 Å². The highest BCUT2D eigenvalue weighted by molar-refractivity contribution is 6.09. The molecule has 1 aromatic carbocycles. The number of likely N-dealkylation sites (N-methyl/N-ethyl adjacent to an activating group) is 1. The number of nitro benzene ring substituents is 1. The number of hydrogen-bond donors (Lipinski definition) is 1. The summed E-state index contributed by atoms with van der Waals surface area (Å²) >= 11 is 0. The highest BCUT2D eigenvalue weighted by atomic mass is 16.6. The minimum absolute atomic E-state index is 0.106. The Labute approximate surface area is 162 Å². The van der Waals surface area contributed by atoms with Gasteiger partial charge in [0.2, 0.25) is 5.91 Å². The van der Waals surface area contributed by atoms with Crippen LogP contribution < -0.4 is 5.32 Å². The SMILES string of the molecule is CN(C(=O)CN1C(=O)N[C@](C)(c2ccc([N+](=O)[O-])cc2)C1=O)C1CCCCC1. The van der Waals surface area contributed by atoms with E-state index < -0.39 is 22.4 Å². The van der Waals surface area contributed by atoms with E-state index in [0.29, 0.717) is 5.56 Å². The van der Waals surface area contributed by atoms with Crippen LogP contribution in [0.25, 0.3) is 0 Å². The van der Waals surface area contributed by atoms with Crippen molar-refractivity contribution in [2.75, 3.05) is 13.6 Å². The Balaban J connectivity index is 1.73. The van der Waals surface area contributed by atoms with Gasteiger partial charge >= 0.3 is 6.03 Å². The highest BCUT2D eigenvalue weighted by Gasteiger charge is 2.49. The van der Waals surface area contributed by atoms with Gasteiger partial charge in [-0.1, -0.05) is 19.3 Å². The zero-order valence-electron chi connectivity index (χ0n) is 16.0. The Morgan fingerprint density at radius 2 is 1.86 bits per heavy atom. The predicted octanol–water partition coefficient (Wildman–Crippen LogP) is 2.15. The molecule has 4 amide bonds. The van der Waals surface area contributed by atoms with Crippen molar-refractivity contribution in [1.29, 1.82) is 0 Å². The Morgan fingerprint density at radius 3 is 2.43 bits per heavy atom. The molecule has 0 aromatic heterocycles. The molecule has 1 aromatic rings. The third kappa shape index (κ3) is 3.56. The first-order chi connectivity index (χ1) is 13.2. The maximum absolute atomic E-state index is 12.9. The smallest absolute Gasteiger partial charge is 0.325 e. The summed E-state index contributed by atoms with van der Waals surface area (Å²) in [5.74, 6) is -0.819. The van der Waals surface area contributed by atoms with Crippen molar-refractivity contribution >= 4 is 23.5 Å². The van der Waals surface area contributed by atoms with E-state index in [9.17, 15) is 24.5 Å². The first kappa shape index (κ1) is 19.8. The second-order valence-electron chi connectivity index (χ2n) is 7.55. The average molecular weight is 388 g/mol. The molecule has 9 heteroatoms. The minimum atomic E-state index is -1.37. The Bertz CT molecular complexity index is 803. The summed E-state index contributed by atoms with van der Waals surface area (Å²) in [6.07, 6.45) is 5.18. The molecule has 9 nitrogen and oxygen atoms in total. The highest BCUT2D eigenvalue weighted by Crippen LogP contribution is 2.30. The molecule has 28 heavy (non-hydrogen) atoms. The monoisotopic (exact) mass is 388 g/mol. The van der Waals surface area contributed by atoms with Gasteiger partial charge in [0.1, 0.15) is 12.1 Å². The van der Waals surface area contributed by atoms with E-state index in [4.69, 9.17) is 0 Å². The third-order valence-corrected chi connectivity index (χ3v) is 5.74. The number of rotatable bonds is 5. The lowest BCUT2D eigenvalue weighted by Crippen LogP contribution is -2.46. The van der Waals surface area contributed by atoms with E-state index in [0.717, 1.165) is 30.6 Å². The van der Waals surface area contributed by atoms with Crippen LogP contribution >= 0.6 is 0 Å². The van der Waals surface area contributed by atoms with Gasteiger partial charge in [0.05, 0.1) is 4.92 Å². The van der Waals surface area contributed by atoms with Crippen LogP contribution in [0.15, 0.2) is 24.3 Å². The predicted molar refractivity (Wildman–Crippen MR) is 100 cm³/mol. The van der Waals surface area contributed by atoms with E-state index >= 15 is 0 Å². The van der Waals surface area contributed by atoms with Crippen LogP contribution in [0.5, 0.6) is 0 Å². The van der Waals surface area contributed by atoms with Gasteiger partial charge in [-0.25, -0.2) is 4.79 Å². The summed E-state index contributed by atoms with van der Waals surface area (Å²) in [4.78, 5) is 50.8. The molecular weight excluding hydrogens is 364 g/mol. The van der Waals surface area contributed by atoms with Gasteiger partial charge in [-0.05, 0) is 37.5 Å². The number of carbonyl (C=O) groups excluding carboxylic acids is 3. The summed E-state index contributed by atoms with van der Waals surface area (Å²) < 4.78 is 0. The maximum atomic E-state index is 12.9. The summed E-state index contributed by atoms with van der Waals surface area (Å²) in [7, 11) is 1.71. The summed E-state index contributed by atoms with van der Waals surface area (Å²) in [6, 6.07) is 4.94. The number of nitrogens with one attached hydrogen (secondary N) is 1. The lowest BCUT2D eigenvalue weighted by molar-refractivity contribution is -0.384. The van der Waals surface area contributed by atoms with Gasteiger partial charge in [-0.3, -0.25) is 24.6 Å². The first-order valence-electron chi connectivity index (χ1n) is 9.39. The number of imide groups is 1. The molecule has 1 N–H and O–H groups in total. The van der Waals surface area contributed by atoms with E-state index in [1.807, 2.05) is 0 Å². The molecule has 1 aliphatic carbocycles. The molecule has 1 aliphatic heterocycles. The lowest BCUT2D eigenvalue weighted by atomic mass is 9.92. The number of amides is 4. The number of nitro groups is 1. The number of non-ortho nitro benzene ring substituents is 1. The van der Waals surface area contributed by atoms with Crippen molar-refractivity contribution in [3.05, 3.63) is 39.9 Å². The molecule has 150 valence electrons. The standard InChI is InChI=1S/C19H24N4O5/c1-19(13-8-10-15(11-9-13)23(27)28)17(25)22(18(26)20-19)12-16(24)21(2)14-6-4-3-5-7-14/h8-11,14H,3-7,12H2,1-2H3,(H,20,26)/t19-/m1/s1. The lowest BCUT2D eigenvalue weighted by Gasteiger charge is -2.32. The second kappa shape index (κ2) is 7.57. The average Bonchev–Trinajstić information content (AvgIpc) is 2.92. The molecule has 1 atom stereocenters. The number of hydrogen-bond acceptors (Lipinski definition) is 5. The van der Waals surface area contributed by atoms with Crippen LogP contribution in [0.2, 0.25) is 0 Å². The molecule has 0 bridgehead atoms. The summed E-state index contributed by atoms with van der Waals surface area (Å²) in [5, 5.41) is 13.4. The first-order valence-corrected chi connectivity index (χ1v) is 9.39. The van der Waals surface area contributed by atoms with Gasteiger partial charge in [0.25, 0.3) is 11.6 Å². The van der Waals surface area contributed by atoms with Crippen LogP contribution in [0.3, 0.4) is 0 Å². The van der Waals surface area contributed by atoms with Crippen molar-refractivity contribution in [1.82, 2.24) is 15.1 Å². The molecule has 1 saturated heterocycles. The third-order valence-electron chi connectivity index (χ3n) is 5.74. The van der Waals surface area contributed by atoms with Crippen LogP contribution in [0, 0.1) is 10.1 Å². The fourth-order valence-electron chi connectivity index (χ4n) is 3.87. The molecule has 1 saturated carbocycles. The molecule has 0 unspecified atom stereocenters. The van der Waals surface area contributed by atoms with Crippen molar-refractivity contribution in [2.45, 2.75) is 50.6 Å². The number of carbonyl (C=O) groups is 3. The topological polar surface area (TPSA) is 113 Å². The normalized spacial score (nSPS) is 22.9. The second-order valence-corrected chi connectivity index (χ2v) is 7.55.